The van der Waals surface area contributed by atoms with E-state index in [1.54, 1.807) is 18.4 Å². The van der Waals surface area contributed by atoms with Gasteiger partial charge >= 0.3 is 0 Å². The Morgan fingerprint density at radius 3 is 2.37 bits per heavy atom. The van der Waals surface area contributed by atoms with Crippen molar-refractivity contribution in [3.8, 4) is 5.75 Å². The van der Waals surface area contributed by atoms with Gasteiger partial charge in [0.05, 0.1) is 21.1 Å². The van der Waals surface area contributed by atoms with Crippen LogP contribution in [0.2, 0.25) is 0 Å². The average molecular weight is 535 g/mol. The molecule has 0 amide bonds. The molecule has 0 bridgehead atoms. The lowest BCUT2D eigenvalue weighted by Crippen LogP contribution is -1.99. The Kier molecular flexibility index (Phi) is 5.77. The third-order valence-electron chi connectivity index (χ3n) is 2.39. The molecule has 2 nitrogen and oxygen atoms in total. The topological polar surface area (TPSA) is 21.3 Å². The molecule has 0 aliphatic rings. The van der Waals surface area contributed by atoms with Gasteiger partial charge < -0.3 is 10.1 Å². The summed E-state index contributed by atoms with van der Waals surface area (Å²) in [5, 5.41) is 3.39. The number of methoxy groups -OCH3 is 1. The molecule has 2 rings (SSSR count). The quantitative estimate of drug-likeness (QED) is 0.489. The van der Waals surface area contributed by atoms with Gasteiger partial charge in [-0.05, 0) is 75.9 Å². The molecule has 0 saturated heterocycles. The number of anilines is 1. The second-order valence-electron chi connectivity index (χ2n) is 3.65. The average Bonchev–Trinajstić information content (AvgIpc) is 2.68. The molecule has 0 spiro atoms. The maximum atomic E-state index is 5.30. The Labute approximate surface area is 149 Å². The number of nitrogens with one attached hydrogen (secondary N) is 1. The van der Waals surface area contributed by atoms with Crippen molar-refractivity contribution in [3.05, 3.63) is 40.3 Å². The minimum Gasteiger partial charge on any atom is -0.495 e. The van der Waals surface area contributed by atoms with Crippen molar-refractivity contribution in [2.45, 2.75) is 6.54 Å². The monoisotopic (exact) mass is 531 g/mol. The van der Waals surface area contributed by atoms with Gasteiger partial charge in [0.2, 0.25) is 0 Å². The minimum absolute atomic E-state index is 0.762. The zero-order chi connectivity index (χ0) is 14.0. The highest BCUT2D eigenvalue weighted by Crippen LogP contribution is 2.36. The van der Waals surface area contributed by atoms with E-state index in [2.05, 4.69) is 75.1 Å². The van der Waals surface area contributed by atoms with Crippen LogP contribution in [0, 0.1) is 0 Å². The smallest absolute Gasteiger partial charge is 0.135 e. The second-order valence-corrected chi connectivity index (χ2v) is 8.67. The maximum absolute atomic E-state index is 5.30. The fourth-order valence-corrected chi connectivity index (χ4v) is 4.89. The predicted octanol–water partition coefficient (Wildman–Crippen LogP) is 6.42. The van der Waals surface area contributed by atoms with Gasteiger partial charge in [-0.3, -0.25) is 0 Å². The lowest BCUT2D eigenvalue weighted by atomic mass is 10.3. The van der Waals surface area contributed by atoms with Crippen molar-refractivity contribution in [2.24, 2.45) is 0 Å². The third-order valence-corrected chi connectivity index (χ3v) is 6.92. The molecule has 7 heteroatoms. The summed E-state index contributed by atoms with van der Waals surface area (Å²) in [5.41, 5.74) is 1.00. The van der Waals surface area contributed by atoms with Crippen LogP contribution in [-0.2, 0) is 6.54 Å². The normalized spacial score (nSPS) is 10.6. The van der Waals surface area contributed by atoms with Gasteiger partial charge in [0.25, 0.3) is 0 Å². The van der Waals surface area contributed by atoms with Crippen LogP contribution in [0.4, 0.5) is 5.69 Å². The van der Waals surface area contributed by atoms with Gasteiger partial charge in [-0.15, -0.1) is 11.3 Å². The van der Waals surface area contributed by atoms with E-state index in [4.69, 9.17) is 4.74 Å². The van der Waals surface area contributed by atoms with E-state index < -0.39 is 0 Å². The highest BCUT2D eigenvalue weighted by Gasteiger charge is 2.08. The van der Waals surface area contributed by atoms with Gasteiger partial charge in [0, 0.05) is 26.4 Å². The summed E-state index contributed by atoms with van der Waals surface area (Å²) in [6.07, 6.45) is 0. The minimum atomic E-state index is 0.762. The molecule has 1 aromatic heterocycles. The molecule has 0 aliphatic heterocycles. The van der Waals surface area contributed by atoms with E-state index in [0.717, 1.165) is 35.2 Å². The largest absolute Gasteiger partial charge is 0.495 e. The summed E-state index contributed by atoms with van der Waals surface area (Å²) in [5.74, 6) is 0.805. The number of ether oxygens (including phenoxy) is 1. The number of benzene rings is 1. The summed E-state index contributed by atoms with van der Waals surface area (Å²) in [7, 11) is 1.66. The molecule has 0 aliphatic carbocycles. The number of halogens is 4. The van der Waals surface area contributed by atoms with Crippen LogP contribution in [0.5, 0.6) is 5.75 Å². The van der Waals surface area contributed by atoms with Gasteiger partial charge in [-0.25, -0.2) is 0 Å². The van der Waals surface area contributed by atoms with Gasteiger partial charge in [-0.1, -0.05) is 0 Å². The fraction of sp³-hybridized carbons (Fsp3) is 0.167. The molecule has 0 atom stereocenters. The molecule has 0 fully saturated rings. The van der Waals surface area contributed by atoms with E-state index in [1.165, 1.54) is 4.88 Å². The lowest BCUT2D eigenvalue weighted by molar-refractivity contribution is 0.412. The van der Waals surface area contributed by atoms with Crippen LogP contribution in [0.25, 0.3) is 0 Å². The first-order valence-electron chi connectivity index (χ1n) is 5.22. The van der Waals surface area contributed by atoms with Crippen LogP contribution in [0.1, 0.15) is 4.88 Å². The van der Waals surface area contributed by atoms with Crippen LogP contribution in [-0.4, -0.2) is 7.11 Å². The van der Waals surface area contributed by atoms with E-state index in [9.17, 15) is 0 Å². The number of thiophene rings is 1. The van der Waals surface area contributed by atoms with E-state index in [-0.39, 0.29) is 0 Å². The van der Waals surface area contributed by atoms with Crippen molar-refractivity contribution in [3.63, 3.8) is 0 Å². The molecule has 0 saturated carbocycles. The lowest BCUT2D eigenvalue weighted by Gasteiger charge is -2.11. The van der Waals surface area contributed by atoms with Crippen molar-refractivity contribution in [1.82, 2.24) is 0 Å². The van der Waals surface area contributed by atoms with Crippen LogP contribution in [0.15, 0.2) is 35.4 Å². The van der Waals surface area contributed by atoms with Crippen LogP contribution < -0.4 is 10.1 Å². The first-order valence-corrected chi connectivity index (χ1v) is 9.20. The zero-order valence-electron chi connectivity index (χ0n) is 9.77. The molecule has 19 heavy (non-hydrogen) atoms. The molecule has 1 aromatic carbocycles. The Morgan fingerprint density at radius 1 is 1.05 bits per heavy atom. The van der Waals surface area contributed by atoms with Crippen molar-refractivity contribution in [2.75, 3.05) is 12.4 Å². The molecular formula is C12H9Br4NOS. The first kappa shape index (κ1) is 15.8. The molecule has 2 aromatic rings. The molecule has 0 unspecified atom stereocenters. The van der Waals surface area contributed by atoms with E-state index in [0.29, 0.717) is 0 Å². The van der Waals surface area contributed by atoms with Gasteiger partial charge in [0.15, 0.2) is 0 Å². The summed E-state index contributed by atoms with van der Waals surface area (Å²) in [4.78, 5) is 1.24. The highest BCUT2D eigenvalue weighted by atomic mass is 79.9. The third kappa shape index (κ3) is 3.97. The SMILES string of the molecule is COc1cc(NCc2cc(Br)c(Br)s2)c(Br)cc1Br. The number of hydrogen-bond acceptors (Lipinski definition) is 3. The van der Waals surface area contributed by atoms with Crippen molar-refractivity contribution >= 4 is 80.7 Å². The highest BCUT2D eigenvalue weighted by molar-refractivity contribution is 9.13. The first-order chi connectivity index (χ1) is 9.01. The Bertz CT molecular complexity index is 580. The van der Waals surface area contributed by atoms with Crippen molar-refractivity contribution in [1.29, 1.82) is 0 Å². The van der Waals surface area contributed by atoms with Gasteiger partial charge in [-0.2, -0.15) is 0 Å². The summed E-state index contributed by atoms with van der Waals surface area (Å²) < 4.78 is 9.41. The summed E-state index contributed by atoms with van der Waals surface area (Å²) in [6.45, 7) is 0.762. The Hall–Kier alpha value is 0.440. The van der Waals surface area contributed by atoms with Gasteiger partial charge in [0.1, 0.15) is 5.75 Å². The molecular weight excluding hydrogens is 526 g/mol. The Balaban J connectivity index is 2.15. The van der Waals surface area contributed by atoms with E-state index in [1.807, 2.05) is 12.1 Å². The molecule has 1 heterocycles. The number of hydrogen-bond donors (Lipinski definition) is 1. The molecule has 1 N–H and O–H groups in total. The van der Waals surface area contributed by atoms with Crippen LogP contribution in [0.3, 0.4) is 0 Å². The predicted molar refractivity (Wildman–Crippen MR) is 95.4 cm³/mol. The Morgan fingerprint density at radius 2 is 1.79 bits per heavy atom. The standard InChI is InChI=1S/C12H9Br4NOS/c1-18-11-4-10(7(13)3-8(11)14)17-5-6-2-9(15)12(16)19-6/h2-4,17H,5H2,1H3. The second kappa shape index (κ2) is 6.93. The van der Waals surface area contributed by atoms with Crippen LogP contribution >= 0.6 is 75.1 Å². The number of rotatable bonds is 4. The van der Waals surface area contributed by atoms with Crippen molar-refractivity contribution < 1.29 is 4.74 Å². The summed E-state index contributed by atoms with van der Waals surface area (Å²) >= 11 is 15.7. The fourth-order valence-electron chi connectivity index (χ4n) is 1.48. The van der Waals surface area contributed by atoms with E-state index >= 15 is 0 Å². The zero-order valence-corrected chi connectivity index (χ0v) is 16.9. The maximum Gasteiger partial charge on any atom is 0.135 e. The molecule has 102 valence electrons. The molecule has 0 radical (unpaired) electrons. The summed E-state index contributed by atoms with van der Waals surface area (Å²) in [6, 6.07) is 6.04.